The van der Waals surface area contributed by atoms with Gasteiger partial charge in [0.1, 0.15) is 5.75 Å². The molecule has 1 aliphatic heterocycles. The summed E-state index contributed by atoms with van der Waals surface area (Å²) in [5, 5.41) is 3.66. The molecule has 2 aliphatic rings. The topological polar surface area (TPSA) is 44.8 Å². The number of carbonyl (C=O) groups is 1. The van der Waals surface area contributed by atoms with Gasteiger partial charge in [0.15, 0.2) is 5.11 Å². The van der Waals surface area contributed by atoms with Crippen molar-refractivity contribution in [1.82, 2.24) is 15.1 Å². The van der Waals surface area contributed by atoms with Crippen molar-refractivity contribution in [3.05, 3.63) is 41.1 Å². The second-order valence-electron chi connectivity index (χ2n) is 6.60. The van der Waals surface area contributed by atoms with Gasteiger partial charge in [-0.05, 0) is 38.0 Å². The van der Waals surface area contributed by atoms with Gasteiger partial charge in [-0.15, -0.1) is 0 Å². The fourth-order valence-corrected chi connectivity index (χ4v) is 3.61. The Bertz CT molecular complexity index is 763. The molecular weight excluding hydrogens is 360 g/mol. The Morgan fingerprint density at radius 2 is 2.00 bits per heavy atom. The second kappa shape index (κ2) is 7.19. The smallest absolute Gasteiger partial charge is 0.387 e. The Morgan fingerprint density at radius 1 is 1.35 bits per heavy atom. The van der Waals surface area contributed by atoms with Crippen LogP contribution in [0.2, 0.25) is 0 Å². The third kappa shape index (κ3) is 3.51. The van der Waals surface area contributed by atoms with Crippen molar-refractivity contribution in [2.75, 3.05) is 14.1 Å². The molecule has 1 unspecified atom stereocenters. The molecule has 3 rings (SSSR count). The lowest BCUT2D eigenvalue weighted by molar-refractivity contribution is -0.125. The Morgan fingerprint density at radius 3 is 2.58 bits per heavy atom. The van der Waals surface area contributed by atoms with E-state index in [-0.39, 0.29) is 17.7 Å². The first kappa shape index (κ1) is 18.6. The summed E-state index contributed by atoms with van der Waals surface area (Å²) in [7, 11) is 3.32. The monoisotopic (exact) mass is 381 g/mol. The van der Waals surface area contributed by atoms with Gasteiger partial charge in [-0.1, -0.05) is 18.2 Å². The van der Waals surface area contributed by atoms with Crippen molar-refractivity contribution in [2.45, 2.75) is 38.5 Å². The quantitative estimate of drug-likeness (QED) is 0.795. The van der Waals surface area contributed by atoms with E-state index in [1.807, 2.05) is 11.8 Å². The van der Waals surface area contributed by atoms with E-state index < -0.39 is 12.7 Å². The summed E-state index contributed by atoms with van der Waals surface area (Å²) in [5.74, 6) is -0.167. The summed E-state index contributed by atoms with van der Waals surface area (Å²) in [4.78, 5) is 16.3. The van der Waals surface area contributed by atoms with Crippen molar-refractivity contribution in [3.63, 3.8) is 0 Å². The van der Waals surface area contributed by atoms with Crippen LogP contribution in [0.5, 0.6) is 5.75 Å². The molecule has 0 aromatic heterocycles. The van der Waals surface area contributed by atoms with Crippen molar-refractivity contribution in [3.8, 4) is 5.75 Å². The fraction of sp³-hybridized carbons (Fsp3) is 0.444. The maximum Gasteiger partial charge on any atom is 0.387 e. The van der Waals surface area contributed by atoms with Crippen LogP contribution in [0, 0.1) is 0 Å². The minimum atomic E-state index is -2.95. The largest absolute Gasteiger partial charge is 0.434 e. The van der Waals surface area contributed by atoms with Crippen LogP contribution in [0.1, 0.15) is 31.4 Å². The van der Waals surface area contributed by atoms with Gasteiger partial charge in [0.05, 0.1) is 11.6 Å². The van der Waals surface area contributed by atoms with Gasteiger partial charge >= 0.3 is 6.61 Å². The summed E-state index contributed by atoms with van der Waals surface area (Å²) in [5.41, 5.74) is 1.70. The SMILES string of the molecule is CC1=C(C(=O)N(C)C)C(c2ccccc2OC(F)F)NC(=S)N1C1CC1. The van der Waals surface area contributed by atoms with Gasteiger partial charge in [-0.25, -0.2) is 0 Å². The minimum Gasteiger partial charge on any atom is -0.434 e. The van der Waals surface area contributed by atoms with Crippen molar-refractivity contribution >= 4 is 23.2 Å². The Hall–Kier alpha value is -2.22. The fourth-order valence-electron chi connectivity index (χ4n) is 3.20. The van der Waals surface area contributed by atoms with Gasteiger partial charge < -0.3 is 19.9 Å². The van der Waals surface area contributed by atoms with E-state index in [1.165, 1.54) is 11.0 Å². The van der Waals surface area contributed by atoms with E-state index in [0.29, 0.717) is 16.2 Å². The number of hydrogen-bond donors (Lipinski definition) is 1. The maximum atomic E-state index is 12.9. The van der Waals surface area contributed by atoms with Crippen LogP contribution < -0.4 is 10.1 Å². The molecule has 1 atom stereocenters. The number of carbonyl (C=O) groups excluding carboxylic acids is 1. The molecule has 1 saturated carbocycles. The normalized spacial score (nSPS) is 20.3. The standard InChI is InChI=1S/C18H21F2N3O2S/c1-10-14(16(24)22(2)3)15(21-18(26)23(10)11-8-9-11)12-6-4-5-7-13(12)25-17(19)20/h4-7,11,15,17H,8-9H2,1-3H3,(H,21,26). The number of alkyl halides is 2. The van der Waals surface area contributed by atoms with Crippen molar-refractivity contribution in [1.29, 1.82) is 0 Å². The number of amides is 1. The van der Waals surface area contributed by atoms with E-state index in [4.69, 9.17) is 12.2 Å². The molecule has 1 aliphatic carbocycles. The number of likely N-dealkylation sites (N-methyl/N-ethyl adjacent to an activating group) is 1. The molecule has 1 fully saturated rings. The van der Waals surface area contributed by atoms with Crippen LogP contribution in [0.4, 0.5) is 8.78 Å². The summed E-state index contributed by atoms with van der Waals surface area (Å²) in [6.45, 7) is -1.10. The predicted molar refractivity (Wildman–Crippen MR) is 97.8 cm³/mol. The lowest BCUT2D eigenvalue weighted by atomic mass is 9.93. The number of allylic oxidation sites excluding steroid dienone is 1. The molecule has 26 heavy (non-hydrogen) atoms. The van der Waals surface area contributed by atoms with Crippen LogP contribution in [0.3, 0.4) is 0 Å². The number of nitrogens with one attached hydrogen (secondary N) is 1. The number of benzene rings is 1. The zero-order chi connectivity index (χ0) is 19.0. The van der Waals surface area contributed by atoms with E-state index in [9.17, 15) is 13.6 Å². The molecule has 1 heterocycles. The lowest BCUT2D eigenvalue weighted by Crippen LogP contribution is -2.49. The summed E-state index contributed by atoms with van der Waals surface area (Å²) in [6.07, 6.45) is 2.02. The number of halogens is 2. The van der Waals surface area contributed by atoms with Crippen LogP contribution in [0.15, 0.2) is 35.5 Å². The van der Waals surface area contributed by atoms with Gasteiger partial charge in [0.2, 0.25) is 0 Å². The number of ether oxygens (including phenoxy) is 1. The second-order valence-corrected chi connectivity index (χ2v) is 6.99. The first-order valence-corrected chi connectivity index (χ1v) is 8.78. The average Bonchev–Trinajstić information content (AvgIpc) is 3.38. The first-order valence-electron chi connectivity index (χ1n) is 8.37. The third-order valence-corrected chi connectivity index (χ3v) is 4.84. The molecule has 1 aromatic carbocycles. The molecule has 1 N–H and O–H groups in total. The van der Waals surface area contributed by atoms with Gasteiger partial charge in [-0.3, -0.25) is 4.79 Å². The highest BCUT2D eigenvalue weighted by Crippen LogP contribution is 2.40. The predicted octanol–water partition coefficient (Wildman–Crippen LogP) is 3.04. The van der Waals surface area contributed by atoms with E-state index in [0.717, 1.165) is 18.5 Å². The number of rotatable bonds is 5. The van der Waals surface area contributed by atoms with Gasteiger partial charge in [0.25, 0.3) is 5.91 Å². The number of nitrogens with zero attached hydrogens (tertiary/aromatic N) is 2. The van der Waals surface area contributed by atoms with Crippen LogP contribution in [-0.4, -0.2) is 47.6 Å². The zero-order valence-electron chi connectivity index (χ0n) is 14.8. The molecule has 8 heteroatoms. The maximum absolute atomic E-state index is 12.9. The molecule has 0 bridgehead atoms. The first-order chi connectivity index (χ1) is 12.3. The highest BCUT2D eigenvalue weighted by atomic mass is 32.1. The molecule has 0 radical (unpaired) electrons. The number of thiocarbonyl (C=S) groups is 1. The van der Waals surface area contributed by atoms with E-state index in [2.05, 4.69) is 10.1 Å². The van der Waals surface area contributed by atoms with E-state index in [1.54, 1.807) is 32.3 Å². The summed E-state index contributed by atoms with van der Waals surface area (Å²) in [6, 6.07) is 6.10. The lowest BCUT2D eigenvalue weighted by Gasteiger charge is -2.39. The number of para-hydroxylation sites is 1. The molecular formula is C18H21F2N3O2S. The Kier molecular flexibility index (Phi) is 5.13. The highest BCUT2D eigenvalue weighted by Gasteiger charge is 2.41. The molecule has 140 valence electrons. The van der Waals surface area contributed by atoms with Crippen LogP contribution >= 0.6 is 12.2 Å². The van der Waals surface area contributed by atoms with Gasteiger partial charge in [-0.2, -0.15) is 8.78 Å². The number of hydrogen-bond acceptors (Lipinski definition) is 3. The average molecular weight is 381 g/mol. The molecule has 0 saturated heterocycles. The highest BCUT2D eigenvalue weighted by molar-refractivity contribution is 7.80. The Balaban J connectivity index is 2.10. The van der Waals surface area contributed by atoms with E-state index >= 15 is 0 Å². The summed E-state index contributed by atoms with van der Waals surface area (Å²) < 4.78 is 30.3. The molecule has 0 spiro atoms. The van der Waals surface area contributed by atoms with Crippen LogP contribution in [-0.2, 0) is 4.79 Å². The minimum absolute atomic E-state index is 0.0273. The summed E-state index contributed by atoms with van der Waals surface area (Å²) >= 11 is 5.50. The Labute approximate surface area is 156 Å². The molecule has 1 aromatic rings. The van der Waals surface area contributed by atoms with Crippen molar-refractivity contribution < 1.29 is 18.3 Å². The van der Waals surface area contributed by atoms with Gasteiger partial charge in [0, 0.05) is 31.4 Å². The zero-order valence-corrected chi connectivity index (χ0v) is 15.6. The third-order valence-electron chi connectivity index (χ3n) is 4.52. The van der Waals surface area contributed by atoms with Crippen LogP contribution in [0.25, 0.3) is 0 Å². The molecule has 5 nitrogen and oxygen atoms in total. The van der Waals surface area contributed by atoms with Crippen molar-refractivity contribution in [2.24, 2.45) is 0 Å². The molecule has 1 amide bonds.